The molecule has 0 saturated carbocycles. The van der Waals surface area contributed by atoms with E-state index >= 15 is 0 Å². The van der Waals surface area contributed by atoms with Crippen molar-refractivity contribution >= 4 is 11.6 Å². The predicted octanol–water partition coefficient (Wildman–Crippen LogP) is 3.02. The molecule has 0 aliphatic rings. The van der Waals surface area contributed by atoms with Crippen molar-refractivity contribution < 1.29 is 30.7 Å². The molecule has 0 aromatic heterocycles. The fraction of sp³-hybridized carbons (Fsp3) is 0.600. The highest BCUT2D eigenvalue weighted by molar-refractivity contribution is 6.30. The van der Waals surface area contributed by atoms with Gasteiger partial charge in [-0.25, -0.2) is 4.39 Å². The van der Waals surface area contributed by atoms with Crippen LogP contribution in [0.2, 0.25) is 0 Å². The van der Waals surface area contributed by atoms with Crippen LogP contribution in [-0.4, -0.2) is 18.0 Å². The fourth-order valence-electron chi connectivity index (χ4n) is 0.368. The molecule has 0 nitrogen and oxygen atoms in total. The van der Waals surface area contributed by atoms with Gasteiger partial charge in [0.15, 0.2) is 0 Å². The van der Waals surface area contributed by atoms with Gasteiger partial charge in [0.1, 0.15) is 0 Å². The summed E-state index contributed by atoms with van der Waals surface area (Å²) < 4.78 is 81.5. The molecule has 0 saturated heterocycles. The summed E-state index contributed by atoms with van der Waals surface area (Å²) in [5, 5.41) is 0.729. The SMILES string of the molecule is FC(F)(F)C(F)(C#CCl)C(F)(F)F. The van der Waals surface area contributed by atoms with Crippen LogP contribution in [0.3, 0.4) is 0 Å². The Balaban J connectivity index is 5.30. The van der Waals surface area contributed by atoms with Gasteiger partial charge < -0.3 is 0 Å². The molecule has 0 spiro atoms. The van der Waals surface area contributed by atoms with Gasteiger partial charge in [-0.05, 0) is 17.5 Å². The van der Waals surface area contributed by atoms with Crippen LogP contribution in [0.4, 0.5) is 30.7 Å². The van der Waals surface area contributed by atoms with E-state index in [1.54, 1.807) is 0 Å². The maximum atomic E-state index is 12.3. The minimum atomic E-state index is -6.16. The van der Waals surface area contributed by atoms with Crippen molar-refractivity contribution in [3.05, 3.63) is 0 Å². The van der Waals surface area contributed by atoms with Gasteiger partial charge in [-0.3, -0.25) is 0 Å². The molecule has 0 aromatic rings. The second kappa shape index (κ2) is 3.25. The number of hydrogen-bond acceptors (Lipinski definition) is 0. The van der Waals surface area contributed by atoms with Crippen LogP contribution in [0.5, 0.6) is 0 Å². The molecule has 0 heterocycles. The quantitative estimate of drug-likeness (QED) is 0.442. The molecule has 13 heavy (non-hydrogen) atoms. The molecule has 0 atom stereocenters. The Hall–Kier alpha value is -0.640. The van der Waals surface area contributed by atoms with Crippen LogP contribution in [0.1, 0.15) is 0 Å². The molecule has 0 aromatic carbocycles. The van der Waals surface area contributed by atoms with Crippen LogP contribution in [0, 0.1) is 11.3 Å². The van der Waals surface area contributed by atoms with Crippen molar-refractivity contribution in [2.45, 2.75) is 18.0 Å². The van der Waals surface area contributed by atoms with Crippen LogP contribution in [0.25, 0.3) is 0 Å². The highest BCUT2D eigenvalue weighted by Crippen LogP contribution is 2.45. The molecule has 0 bridgehead atoms. The van der Waals surface area contributed by atoms with Crippen molar-refractivity contribution in [2.24, 2.45) is 0 Å². The van der Waals surface area contributed by atoms with Gasteiger partial charge in [0, 0.05) is 5.38 Å². The summed E-state index contributed by atoms with van der Waals surface area (Å²) in [5.74, 6) is 0.238. The first-order chi connectivity index (χ1) is 5.56. The number of hydrogen-bond donors (Lipinski definition) is 0. The maximum absolute atomic E-state index is 12.3. The van der Waals surface area contributed by atoms with Crippen LogP contribution < -0.4 is 0 Å². The van der Waals surface area contributed by atoms with Crippen LogP contribution in [-0.2, 0) is 0 Å². The van der Waals surface area contributed by atoms with E-state index < -0.39 is 18.0 Å². The highest BCUT2D eigenvalue weighted by Gasteiger charge is 2.72. The smallest absolute Gasteiger partial charge is 0.209 e. The molecular formula is C5ClF7. The zero-order valence-electron chi connectivity index (χ0n) is 5.52. The molecule has 0 rings (SSSR count). The van der Waals surface area contributed by atoms with Gasteiger partial charge in [0.2, 0.25) is 0 Å². The van der Waals surface area contributed by atoms with Crippen LogP contribution in [0.15, 0.2) is 0 Å². The summed E-state index contributed by atoms with van der Waals surface area (Å²) in [7, 11) is 0. The molecule has 8 heteroatoms. The monoisotopic (exact) mass is 228 g/mol. The first-order valence-corrected chi connectivity index (χ1v) is 2.89. The standard InChI is InChI=1S/C5ClF7/c6-2-1-3(7,4(8,9)10)5(11,12)13. The summed E-state index contributed by atoms with van der Waals surface area (Å²) in [4.78, 5) is 0. The maximum Gasteiger partial charge on any atom is 0.443 e. The molecule has 0 amide bonds. The normalized spacial score (nSPS) is 13.5. The third-order valence-electron chi connectivity index (χ3n) is 1.00. The van der Waals surface area contributed by atoms with Gasteiger partial charge in [-0.2, -0.15) is 26.3 Å². The van der Waals surface area contributed by atoms with E-state index in [9.17, 15) is 30.7 Å². The Morgan fingerprint density at radius 3 is 1.15 bits per heavy atom. The molecule has 0 aliphatic heterocycles. The summed E-state index contributed by atoms with van der Waals surface area (Å²) in [5.41, 5.74) is -5.57. The van der Waals surface area contributed by atoms with Gasteiger partial charge in [-0.1, -0.05) is 0 Å². The average molecular weight is 228 g/mol. The number of alkyl halides is 7. The van der Waals surface area contributed by atoms with Crippen molar-refractivity contribution in [1.82, 2.24) is 0 Å². The average Bonchev–Trinajstić information content (AvgIpc) is 1.82. The minimum Gasteiger partial charge on any atom is -0.209 e. The van der Waals surface area contributed by atoms with Gasteiger partial charge >= 0.3 is 18.0 Å². The molecule has 76 valence electrons. The lowest BCUT2D eigenvalue weighted by molar-refractivity contribution is -0.317. The van der Waals surface area contributed by atoms with Crippen molar-refractivity contribution in [1.29, 1.82) is 0 Å². The lowest BCUT2D eigenvalue weighted by atomic mass is 10.1. The van der Waals surface area contributed by atoms with E-state index in [1.807, 2.05) is 0 Å². The van der Waals surface area contributed by atoms with Crippen molar-refractivity contribution in [2.75, 3.05) is 0 Å². The largest absolute Gasteiger partial charge is 0.443 e. The lowest BCUT2D eigenvalue weighted by Crippen LogP contribution is -2.52. The third kappa shape index (κ3) is 2.18. The third-order valence-corrected chi connectivity index (χ3v) is 1.10. The predicted molar refractivity (Wildman–Crippen MR) is 29.6 cm³/mol. The summed E-state index contributed by atoms with van der Waals surface area (Å²) >= 11 is 4.30. The first kappa shape index (κ1) is 12.4. The molecule has 0 N–H and O–H groups in total. The molecule has 0 unspecified atom stereocenters. The summed E-state index contributed by atoms with van der Waals surface area (Å²) in [6.07, 6.45) is -12.3. The fourth-order valence-corrected chi connectivity index (χ4v) is 0.498. The summed E-state index contributed by atoms with van der Waals surface area (Å²) in [6, 6.07) is 0. The second-order valence-corrected chi connectivity index (χ2v) is 2.06. The number of rotatable bonds is 0. The van der Waals surface area contributed by atoms with E-state index in [1.165, 1.54) is 0 Å². The van der Waals surface area contributed by atoms with E-state index in [0.29, 0.717) is 0 Å². The zero-order chi connectivity index (χ0) is 10.9. The van der Waals surface area contributed by atoms with E-state index in [-0.39, 0.29) is 5.92 Å². The number of halogens is 8. The Morgan fingerprint density at radius 2 is 1.08 bits per heavy atom. The topological polar surface area (TPSA) is 0 Å². The Kier molecular flexibility index (Phi) is 3.09. The molecule has 0 aliphatic carbocycles. The lowest BCUT2D eigenvalue weighted by Gasteiger charge is -2.24. The molecule has 0 radical (unpaired) electrons. The van der Waals surface area contributed by atoms with E-state index in [0.717, 1.165) is 5.38 Å². The second-order valence-electron chi connectivity index (χ2n) is 1.87. The van der Waals surface area contributed by atoms with Crippen molar-refractivity contribution in [3.8, 4) is 11.3 Å². The van der Waals surface area contributed by atoms with Gasteiger partial charge in [0.05, 0.1) is 0 Å². The summed E-state index contributed by atoms with van der Waals surface area (Å²) in [6.45, 7) is 0. The van der Waals surface area contributed by atoms with E-state index in [2.05, 4.69) is 11.6 Å². The Bertz CT molecular complexity index is 224. The van der Waals surface area contributed by atoms with E-state index in [4.69, 9.17) is 0 Å². The van der Waals surface area contributed by atoms with Crippen molar-refractivity contribution in [3.63, 3.8) is 0 Å². The zero-order valence-corrected chi connectivity index (χ0v) is 6.28. The molecule has 0 fully saturated rings. The van der Waals surface area contributed by atoms with Crippen LogP contribution >= 0.6 is 11.6 Å². The van der Waals surface area contributed by atoms with Gasteiger partial charge in [-0.15, -0.1) is 0 Å². The van der Waals surface area contributed by atoms with Gasteiger partial charge in [0.25, 0.3) is 0 Å². The minimum absolute atomic E-state index is 0.238. The molecular weight excluding hydrogens is 228 g/mol. The first-order valence-electron chi connectivity index (χ1n) is 2.51. The Morgan fingerprint density at radius 1 is 0.769 bits per heavy atom. The highest BCUT2D eigenvalue weighted by atomic mass is 35.5. The Labute approximate surface area is 72.7 Å².